The number of benzene rings is 1. The monoisotopic (exact) mass is 305 g/mol. The Bertz CT molecular complexity index is 839. The molecule has 2 nitrogen and oxygen atoms in total. The molecule has 118 valence electrons. The van der Waals surface area contributed by atoms with Crippen LogP contribution in [0.3, 0.4) is 0 Å². The standard InChI is InChI=1S/C20H26BN2/c1-15(2)12-17-10-11-22(5)20(13-17)23-16(3)19-9-7-6-8-18(19)14-21(23)4/h6-11,13-15H,12H2,1-5H3/q+1. The second-order valence-corrected chi connectivity index (χ2v) is 7.05. The van der Waals surface area contributed by atoms with Crippen LogP contribution in [0.5, 0.6) is 0 Å². The molecule has 1 aliphatic rings. The van der Waals surface area contributed by atoms with E-state index in [0.717, 1.165) is 6.42 Å². The Balaban J connectivity index is 2.13. The fourth-order valence-electron chi connectivity index (χ4n) is 3.56. The molecule has 1 aromatic heterocycles. The van der Waals surface area contributed by atoms with E-state index in [0.29, 0.717) is 12.8 Å². The van der Waals surface area contributed by atoms with Crippen molar-refractivity contribution in [3.63, 3.8) is 0 Å². The van der Waals surface area contributed by atoms with Gasteiger partial charge in [-0.25, -0.2) is 4.57 Å². The number of fused-ring (bicyclic) bond motifs is 1. The molecule has 0 saturated heterocycles. The molecule has 2 heterocycles. The fourth-order valence-corrected chi connectivity index (χ4v) is 3.56. The normalized spacial score (nSPS) is 14.1. The van der Waals surface area contributed by atoms with Crippen LogP contribution in [0.2, 0.25) is 6.82 Å². The van der Waals surface area contributed by atoms with Crippen molar-refractivity contribution in [3.05, 3.63) is 58.6 Å². The number of anilines is 1. The quantitative estimate of drug-likeness (QED) is 0.623. The number of rotatable bonds is 3. The van der Waals surface area contributed by atoms with Crippen molar-refractivity contribution in [2.45, 2.75) is 34.0 Å². The highest BCUT2D eigenvalue weighted by molar-refractivity contribution is 6.77. The highest BCUT2D eigenvalue weighted by Gasteiger charge is 2.31. The van der Waals surface area contributed by atoms with Gasteiger partial charge in [0.2, 0.25) is 0 Å². The predicted molar refractivity (Wildman–Crippen MR) is 99.5 cm³/mol. The molecule has 0 saturated carbocycles. The lowest BCUT2D eigenvalue weighted by atomic mass is 9.60. The van der Waals surface area contributed by atoms with Gasteiger partial charge in [0.25, 0.3) is 5.82 Å². The molecule has 0 unspecified atom stereocenters. The maximum Gasteiger partial charge on any atom is 0.402 e. The van der Waals surface area contributed by atoms with E-state index in [-0.39, 0.29) is 0 Å². The van der Waals surface area contributed by atoms with Crippen LogP contribution in [0, 0.1) is 5.92 Å². The third-order valence-electron chi connectivity index (χ3n) is 4.62. The second-order valence-electron chi connectivity index (χ2n) is 7.05. The Morgan fingerprint density at radius 2 is 1.91 bits per heavy atom. The van der Waals surface area contributed by atoms with Crippen molar-refractivity contribution in [2.75, 3.05) is 4.81 Å². The number of hydrogen-bond donors (Lipinski definition) is 0. The SMILES string of the molecule is CB1C=c2ccccc2=C(C)N1c1cc(CC(C)C)cc[n+]1C. The summed E-state index contributed by atoms with van der Waals surface area (Å²) in [7, 11) is 2.13. The molecule has 0 bridgehead atoms. The molecule has 1 aliphatic heterocycles. The van der Waals surface area contributed by atoms with Crippen molar-refractivity contribution in [1.82, 2.24) is 0 Å². The van der Waals surface area contributed by atoms with Gasteiger partial charge in [-0.1, -0.05) is 44.1 Å². The molecule has 3 heteroatoms. The summed E-state index contributed by atoms with van der Waals surface area (Å²) < 4.78 is 2.23. The van der Waals surface area contributed by atoms with E-state index >= 15 is 0 Å². The number of pyridine rings is 1. The van der Waals surface area contributed by atoms with Gasteiger partial charge in [-0.2, -0.15) is 0 Å². The number of aromatic nitrogens is 1. The van der Waals surface area contributed by atoms with Gasteiger partial charge in [0.05, 0.1) is 18.9 Å². The Morgan fingerprint density at radius 3 is 2.65 bits per heavy atom. The summed E-state index contributed by atoms with van der Waals surface area (Å²) in [4.78, 5) is 2.45. The molecule has 3 rings (SSSR count). The topological polar surface area (TPSA) is 7.12 Å². The van der Waals surface area contributed by atoms with Crippen LogP contribution in [0.25, 0.3) is 11.7 Å². The van der Waals surface area contributed by atoms with Crippen LogP contribution < -0.4 is 19.8 Å². The predicted octanol–water partition coefficient (Wildman–Crippen LogP) is 2.30. The molecule has 0 radical (unpaired) electrons. The Morgan fingerprint density at radius 1 is 1.17 bits per heavy atom. The van der Waals surface area contributed by atoms with Crippen LogP contribution >= 0.6 is 0 Å². The first-order valence-electron chi connectivity index (χ1n) is 8.53. The molecular weight excluding hydrogens is 279 g/mol. The summed E-state index contributed by atoms with van der Waals surface area (Å²) in [5, 5.41) is 2.68. The molecule has 0 fully saturated rings. The summed E-state index contributed by atoms with van der Waals surface area (Å²) in [6.07, 6.45) is 3.31. The molecule has 0 atom stereocenters. The van der Waals surface area contributed by atoms with Gasteiger partial charge < -0.3 is 0 Å². The highest BCUT2D eigenvalue weighted by atomic mass is 15.2. The van der Waals surface area contributed by atoms with E-state index in [1.165, 1.54) is 27.5 Å². The van der Waals surface area contributed by atoms with Gasteiger partial charge in [-0.15, -0.1) is 0 Å². The fraction of sp³-hybridized carbons (Fsp3) is 0.350. The molecule has 0 aliphatic carbocycles. The van der Waals surface area contributed by atoms with Crippen LogP contribution in [0.4, 0.5) is 5.82 Å². The van der Waals surface area contributed by atoms with Gasteiger partial charge in [-0.3, -0.25) is 4.81 Å². The first kappa shape index (κ1) is 15.9. The Hall–Kier alpha value is -2.03. The summed E-state index contributed by atoms with van der Waals surface area (Å²) >= 11 is 0. The van der Waals surface area contributed by atoms with Crippen LogP contribution in [0.15, 0.2) is 42.6 Å². The lowest BCUT2D eigenvalue weighted by molar-refractivity contribution is -0.658. The molecule has 0 N–H and O–H groups in total. The van der Waals surface area contributed by atoms with E-state index in [9.17, 15) is 0 Å². The number of aryl methyl sites for hydroxylation is 1. The lowest BCUT2D eigenvalue weighted by Gasteiger charge is -2.25. The zero-order valence-corrected chi connectivity index (χ0v) is 14.9. The van der Waals surface area contributed by atoms with Gasteiger partial charge in [0, 0.05) is 11.3 Å². The van der Waals surface area contributed by atoms with Crippen molar-refractivity contribution in [2.24, 2.45) is 13.0 Å². The summed E-state index contributed by atoms with van der Waals surface area (Å²) in [5.74, 6) is 4.29. The van der Waals surface area contributed by atoms with E-state index in [1.807, 2.05) is 0 Å². The number of nitrogens with zero attached hydrogens (tertiary/aromatic N) is 2. The lowest BCUT2D eigenvalue weighted by Crippen LogP contribution is -2.50. The second kappa shape index (κ2) is 6.23. The Kier molecular flexibility index (Phi) is 4.30. The minimum atomic E-state index is 0.352. The summed E-state index contributed by atoms with van der Waals surface area (Å²) in [6, 6.07) is 13.3. The third kappa shape index (κ3) is 3.05. The molecule has 23 heavy (non-hydrogen) atoms. The Labute approximate surface area is 139 Å². The van der Waals surface area contributed by atoms with Gasteiger partial charge in [-0.05, 0) is 42.9 Å². The largest absolute Gasteiger partial charge is 0.402 e. The van der Waals surface area contributed by atoms with E-state index < -0.39 is 0 Å². The third-order valence-corrected chi connectivity index (χ3v) is 4.62. The smallest absolute Gasteiger partial charge is 0.291 e. The van der Waals surface area contributed by atoms with E-state index in [1.54, 1.807) is 0 Å². The molecule has 0 amide bonds. The van der Waals surface area contributed by atoms with Gasteiger partial charge in [0.15, 0.2) is 0 Å². The maximum atomic E-state index is 2.45. The molecule has 0 spiro atoms. The van der Waals surface area contributed by atoms with Crippen LogP contribution in [0.1, 0.15) is 26.3 Å². The first-order valence-corrected chi connectivity index (χ1v) is 8.53. The average molecular weight is 305 g/mol. The summed E-state index contributed by atoms with van der Waals surface area (Å²) in [6.45, 7) is 9.41. The van der Waals surface area contributed by atoms with E-state index in [4.69, 9.17) is 0 Å². The van der Waals surface area contributed by atoms with E-state index in [2.05, 4.69) is 92.6 Å². The zero-order valence-electron chi connectivity index (χ0n) is 14.9. The number of hydrogen-bond acceptors (Lipinski definition) is 1. The van der Waals surface area contributed by atoms with Crippen LogP contribution in [-0.2, 0) is 13.5 Å². The average Bonchev–Trinajstić information content (AvgIpc) is 2.50. The highest BCUT2D eigenvalue weighted by Crippen LogP contribution is 2.21. The van der Waals surface area contributed by atoms with Gasteiger partial charge >= 0.3 is 6.85 Å². The molecular formula is C20H26BN2+. The van der Waals surface area contributed by atoms with Gasteiger partial charge in [0.1, 0.15) is 0 Å². The molecule has 1 aromatic carbocycles. The minimum absolute atomic E-state index is 0.352. The minimum Gasteiger partial charge on any atom is -0.291 e. The van der Waals surface area contributed by atoms with Crippen molar-refractivity contribution < 1.29 is 4.57 Å². The van der Waals surface area contributed by atoms with Crippen molar-refractivity contribution in [1.29, 1.82) is 0 Å². The first-order chi connectivity index (χ1) is 11.0. The van der Waals surface area contributed by atoms with Crippen molar-refractivity contribution in [3.8, 4) is 0 Å². The maximum absolute atomic E-state index is 2.45. The summed E-state index contributed by atoms with van der Waals surface area (Å²) in [5.41, 5.74) is 2.74. The van der Waals surface area contributed by atoms with Crippen molar-refractivity contribution >= 4 is 24.3 Å². The van der Waals surface area contributed by atoms with Crippen LogP contribution in [-0.4, -0.2) is 6.85 Å². The molecule has 2 aromatic rings. The zero-order chi connectivity index (χ0) is 16.6.